The van der Waals surface area contributed by atoms with E-state index in [4.69, 9.17) is 4.42 Å². The van der Waals surface area contributed by atoms with E-state index in [9.17, 15) is 9.59 Å². The molecule has 1 atom stereocenters. The lowest BCUT2D eigenvalue weighted by atomic mass is 9.97. The molecule has 0 spiro atoms. The molecule has 1 fully saturated rings. The Morgan fingerprint density at radius 1 is 1.52 bits per heavy atom. The SMILES string of the molecule is Cc1csc(CNC(=O)[C@H]2CCCN(C(=O)c3ccco3)C2)n1. The van der Waals surface area contributed by atoms with E-state index in [1.165, 1.54) is 17.6 Å². The van der Waals surface area contributed by atoms with Crippen molar-refractivity contribution in [2.24, 2.45) is 5.92 Å². The van der Waals surface area contributed by atoms with Crippen LogP contribution in [0.1, 0.15) is 34.1 Å². The predicted molar refractivity (Wildman–Crippen MR) is 86.0 cm³/mol. The van der Waals surface area contributed by atoms with Gasteiger partial charge in [-0.25, -0.2) is 4.98 Å². The molecule has 1 N–H and O–H groups in total. The van der Waals surface area contributed by atoms with E-state index in [1.54, 1.807) is 17.0 Å². The van der Waals surface area contributed by atoms with Gasteiger partial charge in [0.15, 0.2) is 5.76 Å². The molecule has 122 valence electrons. The molecule has 2 aromatic rings. The van der Waals surface area contributed by atoms with Crippen LogP contribution in [0.2, 0.25) is 0 Å². The zero-order chi connectivity index (χ0) is 16.2. The summed E-state index contributed by atoms with van der Waals surface area (Å²) in [5.74, 6) is -0.0223. The van der Waals surface area contributed by atoms with E-state index in [0.717, 1.165) is 23.5 Å². The van der Waals surface area contributed by atoms with Crippen molar-refractivity contribution in [2.45, 2.75) is 26.3 Å². The average molecular weight is 333 g/mol. The number of carbonyl (C=O) groups is 2. The van der Waals surface area contributed by atoms with Crippen LogP contribution in [0.4, 0.5) is 0 Å². The van der Waals surface area contributed by atoms with Crippen molar-refractivity contribution in [3.8, 4) is 0 Å². The van der Waals surface area contributed by atoms with E-state index in [1.807, 2.05) is 12.3 Å². The molecular weight excluding hydrogens is 314 g/mol. The van der Waals surface area contributed by atoms with Crippen molar-refractivity contribution in [3.63, 3.8) is 0 Å². The molecule has 3 heterocycles. The molecule has 1 aliphatic rings. The van der Waals surface area contributed by atoms with Crippen molar-refractivity contribution in [3.05, 3.63) is 40.2 Å². The first-order valence-electron chi connectivity index (χ1n) is 7.65. The minimum atomic E-state index is -0.177. The fourth-order valence-electron chi connectivity index (χ4n) is 2.72. The quantitative estimate of drug-likeness (QED) is 0.931. The first kappa shape index (κ1) is 15.7. The van der Waals surface area contributed by atoms with Gasteiger partial charge in [0, 0.05) is 24.2 Å². The topological polar surface area (TPSA) is 75.4 Å². The molecule has 0 aliphatic carbocycles. The van der Waals surface area contributed by atoms with Crippen molar-refractivity contribution in [1.82, 2.24) is 15.2 Å². The number of rotatable bonds is 4. The number of nitrogens with one attached hydrogen (secondary N) is 1. The van der Waals surface area contributed by atoms with Gasteiger partial charge >= 0.3 is 0 Å². The maximum Gasteiger partial charge on any atom is 0.289 e. The minimum Gasteiger partial charge on any atom is -0.459 e. The molecule has 2 amide bonds. The lowest BCUT2D eigenvalue weighted by Crippen LogP contribution is -2.45. The van der Waals surface area contributed by atoms with E-state index in [-0.39, 0.29) is 17.7 Å². The zero-order valence-electron chi connectivity index (χ0n) is 12.9. The summed E-state index contributed by atoms with van der Waals surface area (Å²) < 4.78 is 5.15. The molecule has 1 aliphatic heterocycles. The minimum absolute atomic E-state index is 0.0187. The van der Waals surface area contributed by atoms with Crippen LogP contribution in [0.3, 0.4) is 0 Å². The molecule has 6 nitrogen and oxygen atoms in total. The van der Waals surface area contributed by atoms with Gasteiger partial charge in [0.25, 0.3) is 5.91 Å². The van der Waals surface area contributed by atoms with Crippen LogP contribution in [0.15, 0.2) is 28.2 Å². The summed E-state index contributed by atoms with van der Waals surface area (Å²) >= 11 is 1.54. The molecular formula is C16H19N3O3S. The summed E-state index contributed by atoms with van der Waals surface area (Å²) in [6, 6.07) is 3.34. The van der Waals surface area contributed by atoms with Crippen LogP contribution in [0.5, 0.6) is 0 Å². The number of hydrogen-bond acceptors (Lipinski definition) is 5. The van der Waals surface area contributed by atoms with Crippen LogP contribution in [-0.4, -0.2) is 34.8 Å². The zero-order valence-corrected chi connectivity index (χ0v) is 13.8. The number of hydrogen-bond donors (Lipinski definition) is 1. The van der Waals surface area contributed by atoms with E-state index in [0.29, 0.717) is 25.4 Å². The van der Waals surface area contributed by atoms with Gasteiger partial charge in [0.2, 0.25) is 5.91 Å². The van der Waals surface area contributed by atoms with Gasteiger partial charge in [0.1, 0.15) is 5.01 Å². The van der Waals surface area contributed by atoms with Crippen molar-refractivity contribution >= 4 is 23.2 Å². The Hall–Kier alpha value is -2.15. The second-order valence-electron chi connectivity index (χ2n) is 5.67. The predicted octanol–water partition coefficient (Wildman–Crippen LogP) is 2.21. The molecule has 0 aromatic carbocycles. The van der Waals surface area contributed by atoms with Crippen LogP contribution >= 0.6 is 11.3 Å². The largest absolute Gasteiger partial charge is 0.459 e. The van der Waals surface area contributed by atoms with Gasteiger partial charge in [-0.15, -0.1) is 11.3 Å². The number of carbonyl (C=O) groups excluding carboxylic acids is 2. The first-order chi connectivity index (χ1) is 11.1. The van der Waals surface area contributed by atoms with Gasteiger partial charge < -0.3 is 14.6 Å². The lowest BCUT2D eigenvalue weighted by Gasteiger charge is -2.31. The van der Waals surface area contributed by atoms with Crippen molar-refractivity contribution in [2.75, 3.05) is 13.1 Å². The van der Waals surface area contributed by atoms with Crippen LogP contribution in [0.25, 0.3) is 0 Å². The van der Waals surface area contributed by atoms with E-state index < -0.39 is 0 Å². The fraction of sp³-hybridized carbons (Fsp3) is 0.438. The number of nitrogens with zero attached hydrogens (tertiary/aromatic N) is 2. The highest BCUT2D eigenvalue weighted by molar-refractivity contribution is 7.09. The van der Waals surface area contributed by atoms with Crippen molar-refractivity contribution < 1.29 is 14.0 Å². The lowest BCUT2D eigenvalue weighted by molar-refractivity contribution is -0.126. The molecule has 0 saturated carbocycles. The fourth-order valence-corrected chi connectivity index (χ4v) is 3.43. The highest BCUT2D eigenvalue weighted by atomic mass is 32.1. The Labute approximate surface area is 138 Å². The van der Waals surface area contributed by atoms with Gasteiger partial charge in [-0.05, 0) is 31.9 Å². The highest BCUT2D eigenvalue weighted by Gasteiger charge is 2.29. The Kier molecular flexibility index (Phi) is 4.76. The van der Waals surface area contributed by atoms with Crippen LogP contribution in [-0.2, 0) is 11.3 Å². The third kappa shape index (κ3) is 3.79. The second kappa shape index (κ2) is 6.95. The molecule has 0 unspecified atom stereocenters. The van der Waals surface area contributed by atoms with Crippen LogP contribution < -0.4 is 5.32 Å². The Morgan fingerprint density at radius 2 is 2.39 bits per heavy atom. The molecule has 0 bridgehead atoms. The smallest absolute Gasteiger partial charge is 0.289 e. The Morgan fingerprint density at radius 3 is 3.09 bits per heavy atom. The van der Waals surface area contributed by atoms with E-state index in [2.05, 4.69) is 10.3 Å². The molecule has 2 aromatic heterocycles. The Bertz CT molecular complexity index is 681. The van der Waals surface area contributed by atoms with Crippen LogP contribution in [0, 0.1) is 12.8 Å². The summed E-state index contributed by atoms with van der Waals surface area (Å²) in [4.78, 5) is 30.7. The third-order valence-electron chi connectivity index (χ3n) is 3.89. The normalized spacial score (nSPS) is 18.0. The monoisotopic (exact) mass is 333 g/mol. The van der Waals surface area contributed by atoms with Gasteiger partial charge in [0.05, 0.1) is 18.7 Å². The number of piperidine rings is 1. The summed E-state index contributed by atoms with van der Waals surface area (Å²) in [5, 5.41) is 5.79. The third-order valence-corrected chi connectivity index (χ3v) is 4.86. The molecule has 3 rings (SSSR count). The number of thiazole rings is 1. The standard InChI is InChI=1S/C16H19N3O3S/c1-11-10-23-14(18-11)8-17-15(20)12-4-2-6-19(9-12)16(21)13-5-3-7-22-13/h3,5,7,10,12H,2,4,6,8-9H2,1H3,(H,17,20)/t12-/m0/s1. The average Bonchev–Trinajstić information content (AvgIpc) is 3.23. The summed E-state index contributed by atoms with van der Waals surface area (Å²) in [5.41, 5.74) is 0.965. The summed E-state index contributed by atoms with van der Waals surface area (Å²) in [6.45, 7) is 3.47. The molecule has 23 heavy (non-hydrogen) atoms. The number of aryl methyl sites for hydroxylation is 1. The number of furan rings is 1. The van der Waals surface area contributed by atoms with E-state index >= 15 is 0 Å². The Balaban J connectivity index is 1.55. The first-order valence-corrected chi connectivity index (χ1v) is 8.53. The number of amides is 2. The maximum absolute atomic E-state index is 12.3. The highest BCUT2D eigenvalue weighted by Crippen LogP contribution is 2.19. The number of aromatic nitrogens is 1. The summed E-state index contributed by atoms with van der Waals surface area (Å²) in [6.07, 6.45) is 3.10. The molecule has 1 saturated heterocycles. The van der Waals surface area contributed by atoms with Crippen molar-refractivity contribution in [1.29, 1.82) is 0 Å². The number of likely N-dealkylation sites (tertiary alicyclic amines) is 1. The molecule has 0 radical (unpaired) electrons. The maximum atomic E-state index is 12.3. The van der Waals surface area contributed by atoms with Gasteiger partial charge in [-0.3, -0.25) is 9.59 Å². The van der Waals surface area contributed by atoms with Gasteiger partial charge in [-0.1, -0.05) is 0 Å². The summed E-state index contributed by atoms with van der Waals surface area (Å²) in [7, 11) is 0. The second-order valence-corrected chi connectivity index (χ2v) is 6.61. The van der Waals surface area contributed by atoms with Gasteiger partial charge in [-0.2, -0.15) is 0 Å². The molecule has 7 heteroatoms.